The van der Waals surface area contributed by atoms with Gasteiger partial charge in [0.25, 0.3) is 0 Å². The highest BCUT2D eigenvalue weighted by Crippen LogP contribution is 2.19. The normalized spacial score (nSPS) is 12.6. The Balaban J connectivity index is 1.84. The zero-order valence-electron chi connectivity index (χ0n) is 10.0. The summed E-state index contributed by atoms with van der Waals surface area (Å²) < 4.78 is 0. The number of alkyl halides is 1. The van der Waals surface area contributed by atoms with E-state index in [1.165, 1.54) is 23.1 Å². The number of thiophene rings is 1. The van der Waals surface area contributed by atoms with Crippen LogP contribution in [0.3, 0.4) is 0 Å². The SMILES string of the molecule is Cc1ccccc1CCC(Br)Cc1ccsc1. The summed E-state index contributed by atoms with van der Waals surface area (Å²) in [5.41, 5.74) is 4.33. The van der Waals surface area contributed by atoms with Gasteiger partial charge >= 0.3 is 0 Å². The zero-order chi connectivity index (χ0) is 12.1. The van der Waals surface area contributed by atoms with Crippen LogP contribution >= 0.6 is 27.3 Å². The molecule has 17 heavy (non-hydrogen) atoms. The Labute approximate surface area is 116 Å². The second-order valence-corrected chi connectivity index (χ2v) is 6.47. The highest BCUT2D eigenvalue weighted by atomic mass is 79.9. The van der Waals surface area contributed by atoms with Gasteiger partial charge in [0.2, 0.25) is 0 Å². The average molecular weight is 309 g/mol. The van der Waals surface area contributed by atoms with Crippen molar-refractivity contribution in [3.63, 3.8) is 0 Å². The molecule has 90 valence electrons. The van der Waals surface area contributed by atoms with Crippen molar-refractivity contribution in [2.24, 2.45) is 0 Å². The lowest BCUT2D eigenvalue weighted by Gasteiger charge is -2.10. The third-order valence-electron chi connectivity index (χ3n) is 3.03. The molecule has 0 spiro atoms. The second kappa shape index (κ2) is 6.36. The topological polar surface area (TPSA) is 0 Å². The van der Waals surface area contributed by atoms with Crippen molar-refractivity contribution < 1.29 is 0 Å². The summed E-state index contributed by atoms with van der Waals surface area (Å²) >= 11 is 5.56. The van der Waals surface area contributed by atoms with Crippen LogP contribution in [-0.2, 0) is 12.8 Å². The van der Waals surface area contributed by atoms with Gasteiger partial charge in [0.1, 0.15) is 0 Å². The van der Waals surface area contributed by atoms with Gasteiger partial charge in [0, 0.05) is 4.83 Å². The highest BCUT2D eigenvalue weighted by molar-refractivity contribution is 9.09. The van der Waals surface area contributed by atoms with Gasteiger partial charge in [-0.15, -0.1) is 0 Å². The standard InChI is InChI=1S/C15H17BrS/c1-12-4-2-3-5-14(12)6-7-15(16)10-13-8-9-17-11-13/h2-5,8-9,11,15H,6-7,10H2,1H3. The number of aryl methyl sites for hydroxylation is 2. The molecule has 0 N–H and O–H groups in total. The number of rotatable bonds is 5. The molecule has 2 aromatic rings. The molecule has 0 fully saturated rings. The van der Waals surface area contributed by atoms with E-state index in [4.69, 9.17) is 0 Å². The van der Waals surface area contributed by atoms with Crippen LogP contribution in [0.5, 0.6) is 0 Å². The Hall–Kier alpha value is -0.600. The van der Waals surface area contributed by atoms with Crippen LogP contribution < -0.4 is 0 Å². The Bertz CT molecular complexity index is 448. The first kappa shape index (κ1) is 12.8. The van der Waals surface area contributed by atoms with E-state index in [1.54, 1.807) is 11.3 Å². The van der Waals surface area contributed by atoms with Gasteiger partial charge < -0.3 is 0 Å². The molecule has 1 aromatic heterocycles. The van der Waals surface area contributed by atoms with Crippen LogP contribution in [-0.4, -0.2) is 4.83 Å². The second-order valence-electron chi connectivity index (χ2n) is 4.40. The Kier molecular flexibility index (Phi) is 4.81. The maximum absolute atomic E-state index is 3.79. The van der Waals surface area contributed by atoms with Crippen LogP contribution in [0.15, 0.2) is 41.1 Å². The quantitative estimate of drug-likeness (QED) is 0.682. The summed E-state index contributed by atoms with van der Waals surface area (Å²) in [5, 5.41) is 4.39. The summed E-state index contributed by atoms with van der Waals surface area (Å²) in [6, 6.07) is 10.9. The minimum Gasteiger partial charge on any atom is -0.152 e. The molecule has 2 rings (SSSR count). The van der Waals surface area contributed by atoms with E-state index in [0.717, 1.165) is 12.8 Å². The van der Waals surface area contributed by atoms with Crippen molar-refractivity contribution in [1.82, 2.24) is 0 Å². The van der Waals surface area contributed by atoms with E-state index in [9.17, 15) is 0 Å². The molecule has 2 heteroatoms. The van der Waals surface area contributed by atoms with Gasteiger partial charge in [-0.1, -0.05) is 40.2 Å². The fraction of sp³-hybridized carbons (Fsp3) is 0.333. The van der Waals surface area contributed by atoms with Gasteiger partial charge in [-0.05, 0) is 59.7 Å². The zero-order valence-corrected chi connectivity index (χ0v) is 12.4. The summed E-state index contributed by atoms with van der Waals surface area (Å²) in [5.74, 6) is 0. The minimum atomic E-state index is 0.580. The molecule has 0 radical (unpaired) electrons. The maximum Gasteiger partial charge on any atom is 0.0189 e. The van der Waals surface area contributed by atoms with Crippen molar-refractivity contribution in [1.29, 1.82) is 0 Å². The smallest absolute Gasteiger partial charge is 0.0189 e. The molecule has 0 aliphatic rings. The van der Waals surface area contributed by atoms with E-state index in [-0.39, 0.29) is 0 Å². The number of hydrogen-bond acceptors (Lipinski definition) is 1. The molecular weight excluding hydrogens is 292 g/mol. The van der Waals surface area contributed by atoms with E-state index in [1.807, 2.05) is 0 Å². The molecule has 0 aliphatic carbocycles. The first-order valence-corrected chi connectivity index (χ1v) is 7.81. The lowest BCUT2D eigenvalue weighted by Crippen LogP contribution is -2.04. The van der Waals surface area contributed by atoms with Crippen molar-refractivity contribution >= 4 is 27.3 Å². The van der Waals surface area contributed by atoms with Gasteiger partial charge in [0.05, 0.1) is 0 Å². The van der Waals surface area contributed by atoms with Crippen LogP contribution in [0.1, 0.15) is 23.1 Å². The van der Waals surface area contributed by atoms with Crippen LogP contribution in [0.4, 0.5) is 0 Å². The predicted molar refractivity (Wildman–Crippen MR) is 80.2 cm³/mol. The van der Waals surface area contributed by atoms with Crippen molar-refractivity contribution in [2.75, 3.05) is 0 Å². The van der Waals surface area contributed by atoms with E-state index in [0.29, 0.717) is 4.83 Å². The van der Waals surface area contributed by atoms with Gasteiger partial charge in [-0.25, -0.2) is 0 Å². The van der Waals surface area contributed by atoms with Gasteiger partial charge in [-0.2, -0.15) is 11.3 Å². The summed E-state index contributed by atoms with van der Waals surface area (Å²) in [6.45, 7) is 2.19. The monoisotopic (exact) mass is 308 g/mol. The largest absolute Gasteiger partial charge is 0.152 e. The van der Waals surface area contributed by atoms with Crippen molar-refractivity contribution in [3.05, 3.63) is 57.8 Å². The molecule has 0 saturated heterocycles. The van der Waals surface area contributed by atoms with E-state index >= 15 is 0 Å². The van der Waals surface area contributed by atoms with Gasteiger partial charge in [-0.3, -0.25) is 0 Å². The van der Waals surface area contributed by atoms with Gasteiger partial charge in [0.15, 0.2) is 0 Å². The molecule has 1 unspecified atom stereocenters. The van der Waals surface area contributed by atoms with Crippen molar-refractivity contribution in [2.45, 2.75) is 31.0 Å². The van der Waals surface area contributed by atoms with Crippen molar-refractivity contribution in [3.8, 4) is 0 Å². The number of benzene rings is 1. The fourth-order valence-corrected chi connectivity index (χ4v) is 3.25. The van der Waals surface area contributed by atoms with E-state index < -0.39 is 0 Å². The molecule has 0 bridgehead atoms. The molecule has 1 atom stereocenters. The molecule has 0 nitrogen and oxygen atoms in total. The van der Waals surface area contributed by atoms with Crippen LogP contribution in [0, 0.1) is 6.92 Å². The molecule has 0 saturated carbocycles. The van der Waals surface area contributed by atoms with Crippen LogP contribution in [0.25, 0.3) is 0 Å². The Morgan fingerprint density at radius 2 is 2.06 bits per heavy atom. The first-order chi connectivity index (χ1) is 8.25. The molecule has 0 amide bonds. The highest BCUT2D eigenvalue weighted by Gasteiger charge is 2.07. The predicted octanol–water partition coefficient (Wildman–Crippen LogP) is 5.00. The summed E-state index contributed by atoms with van der Waals surface area (Å²) in [6.07, 6.45) is 3.49. The summed E-state index contributed by atoms with van der Waals surface area (Å²) in [4.78, 5) is 0.580. The number of halogens is 1. The third-order valence-corrected chi connectivity index (χ3v) is 4.54. The maximum atomic E-state index is 3.79. The average Bonchev–Trinajstić information content (AvgIpc) is 2.81. The fourth-order valence-electron chi connectivity index (χ4n) is 1.97. The molecule has 0 aliphatic heterocycles. The van der Waals surface area contributed by atoms with Crippen LogP contribution in [0.2, 0.25) is 0 Å². The lowest BCUT2D eigenvalue weighted by molar-refractivity contribution is 0.762. The first-order valence-electron chi connectivity index (χ1n) is 5.95. The Morgan fingerprint density at radius 3 is 2.76 bits per heavy atom. The third kappa shape index (κ3) is 3.97. The molecule has 1 heterocycles. The number of hydrogen-bond donors (Lipinski definition) is 0. The minimum absolute atomic E-state index is 0.580. The Morgan fingerprint density at radius 1 is 1.24 bits per heavy atom. The van der Waals surface area contributed by atoms with E-state index in [2.05, 4.69) is 63.9 Å². The summed E-state index contributed by atoms with van der Waals surface area (Å²) in [7, 11) is 0. The lowest BCUT2D eigenvalue weighted by atomic mass is 10.0. The molecular formula is C15H17BrS. The molecule has 1 aromatic carbocycles.